The van der Waals surface area contributed by atoms with Gasteiger partial charge in [-0.05, 0) is 23.9 Å². The van der Waals surface area contributed by atoms with Gasteiger partial charge in [-0.15, -0.1) is 0 Å². The Balaban J connectivity index is 1.09. The van der Waals surface area contributed by atoms with Gasteiger partial charge in [-0.3, -0.25) is 4.79 Å². The van der Waals surface area contributed by atoms with Crippen molar-refractivity contribution in [3.63, 3.8) is 0 Å². The van der Waals surface area contributed by atoms with E-state index in [-0.39, 0.29) is 55.2 Å². The summed E-state index contributed by atoms with van der Waals surface area (Å²) in [6.45, 7) is -1.68. The van der Waals surface area contributed by atoms with Gasteiger partial charge in [0, 0.05) is 17.1 Å². The number of phosphoric ester groups is 1. The van der Waals surface area contributed by atoms with Crippen LogP contribution in [0.3, 0.4) is 0 Å². The number of carbonyl (C=O) groups excluding carboxylic acids is 2. The van der Waals surface area contributed by atoms with Gasteiger partial charge in [-0.1, -0.05) is 29.4 Å². The number of aliphatic hydroxyl groups is 1. The van der Waals surface area contributed by atoms with E-state index >= 15 is 0 Å². The van der Waals surface area contributed by atoms with Crippen molar-refractivity contribution >= 4 is 56.5 Å². The number of esters is 1. The van der Waals surface area contributed by atoms with Gasteiger partial charge in [0.05, 0.1) is 6.33 Å². The van der Waals surface area contributed by atoms with Gasteiger partial charge in [-0.2, -0.15) is 0 Å². The van der Waals surface area contributed by atoms with Crippen LogP contribution in [-0.4, -0.2) is 122 Å². The van der Waals surface area contributed by atoms with Crippen LogP contribution < -0.4 is 28.2 Å². The van der Waals surface area contributed by atoms with Crippen LogP contribution in [0.25, 0.3) is 21.6 Å². The second-order valence-electron chi connectivity index (χ2n) is 13.8. The van der Waals surface area contributed by atoms with Crippen LogP contribution >= 0.6 is 16.0 Å². The molecule has 63 heavy (non-hydrogen) atoms. The van der Waals surface area contributed by atoms with E-state index in [1.165, 1.54) is 23.2 Å². The maximum atomic E-state index is 13.4. The molecule has 0 radical (unpaired) electrons. The van der Waals surface area contributed by atoms with Gasteiger partial charge in [0.15, 0.2) is 11.5 Å². The van der Waals surface area contributed by atoms with Crippen molar-refractivity contribution in [3.8, 4) is 0 Å². The van der Waals surface area contributed by atoms with Gasteiger partial charge >= 0.3 is 196 Å². The van der Waals surface area contributed by atoms with Gasteiger partial charge < -0.3 is 21.5 Å². The molecule has 1 unspecified atom stereocenters. The molecular weight excluding hydrogens is 884 g/mol. The second-order valence-corrected chi connectivity index (χ2v) is 16.7. The van der Waals surface area contributed by atoms with E-state index < -0.39 is 96.0 Å². The third-order valence-electron chi connectivity index (χ3n) is 9.41. The maximum absolute atomic E-state index is 13.4. The Morgan fingerprint density at radius 3 is 2.57 bits per heavy atom. The van der Waals surface area contributed by atoms with E-state index in [9.17, 15) is 43.6 Å². The first-order valence-electron chi connectivity index (χ1n) is 18.7. The first kappa shape index (κ1) is 47.0. The van der Waals surface area contributed by atoms with Crippen LogP contribution in [0, 0.1) is 0 Å². The summed E-state index contributed by atoms with van der Waals surface area (Å²) in [4.78, 5) is 95.5. The first-order valence-corrected chi connectivity index (χ1v) is 21.9. The number of azide groups is 1. The topological polar surface area (TPSA) is 434 Å². The number of anilines is 2. The molecule has 6 rings (SSSR count). The summed E-state index contributed by atoms with van der Waals surface area (Å²) in [5, 5.41) is 17.5. The molecule has 1 amide bonds. The Bertz CT molecular complexity index is 2400. The molecule has 5 heterocycles. The molecule has 1 aromatic carbocycles. The van der Waals surface area contributed by atoms with Crippen molar-refractivity contribution in [2.24, 2.45) is 10.8 Å². The Hall–Kier alpha value is -5.48. The largest absolute Gasteiger partial charge is 0.0552 e. The molecule has 0 saturated carbocycles. The number of phosphoric acid groups is 1. The van der Waals surface area contributed by atoms with Crippen LogP contribution in [0.4, 0.5) is 22.1 Å². The molecule has 0 bridgehead atoms. The van der Waals surface area contributed by atoms with Gasteiger partial charge in [-0.25, -0.2) is 19.7 Å². The summed E-state index contributed by atoms with van der Waals surface area (Å²) in [5.41, 5.74) is 26.5. The molecule has 0 spiro atoms. The van der Waals surface area contributed by atoms with Crippen LogP contribution in [-0.2, 0) is 48.5 Å². The quantitative estimate of drug-likeness (QED) is 0.0144. The predicted octanol–water partition coefficient (Wildman–Crippen LogP) is -0.413. The van der Waals surface area contributed by atoms with Crippen molar-refractivity contribution in [1.29, 1.82) is 0 Å². The molecule has 2 aliphatic rings. The first-order chi connectivity index (χ1) is 29.9. The summed E-state index contributed by atoms with van der Waals surface area (Å²) in [7, 11) is -10.3. The third-order valence-corrected chi connectivity index (χ3v) is 11.0. The Kier molecular flexibility index (Phi) is 15.2. The predicted molar refractivity (Wildman–Crippen MR) is 213 cm³/mol. The number of carbonyl (C=O) groups is 2. The number of rotatable bonds is 19. The number of nitrogens with zero attached hydrogens (tertiary/aromatic N) is 9. The number of imidazole rings is 1. The standard InChI is InChI=1S/C32H43N13O16P2/c33-18(2-1-8-37-32(49)55-11-16-3-5-17(6-4-16)42-43-36)30(47)60-26-21(59-29(25(26)46)45-15-40-24-27(35)38-14-39-28(24)45)13-57-63(53,54)61-19-10-23(44-9-7-22(34)41-31(44)48)58-20(19)12-56-62(50,51)52/h3-7,9,14-15,18-21,23,25-26,29,46,50-52,62H,1-2,8,10-13,33H2,(H,37,49)(H,53,54)(H2,34,41,48)(H2,35,38,39)/t18-,19-,20+,21+,23+,25+,26+,29+/m0/s1. The summed E-state index contributed by atoms with van der Waals surface area (Å²) < 4.78 is 53.5. The minimum atomic E-state index is -5.19. The normalized spacial score (nSPS) is 24.0. The molecule has 2 saturated heterocycles. The zero-order valence-electron chi connectivity index (χ0n) is 32.6. The minimum Gasteiger partial charge on any atom is -0.0552 e. The molecule has 9 atom stereocenters. The SMILES string of the molecule is [N-]=[N+]=Nc1ccc(COC(=O)NCCC[C@H](N)C(=O)O[C@H]2[C@@H](O)[C@H](n3cnc4c(N)ncnc43)O[C@@H]2COP(=O)(O)O[C@H]2C[C@H](n3ccc(N)nc3=O)O[C@@H]2CO[PH](O)(O)O)cc1. The number of fused-ring (bicyclic) bond motifs is 1. The second kappa shape index (κ2) is 20.4. The zero-order chi connectivity index (χ0) is 45.5. The van der Waals surface area contributed by atoms with Crippen LogP contribution in [0.15, 0.2) is 59.1 Å². The van der Waals surface area contributed by atoms with Crippen molar-refractivity contribution in [2.75, 3.05) is 31.2 Å². The van der Waals surface area contributed by atoms with E-state index in [1.807, 2.05) is 0 Å². The number of aromatic nitrogens is 6. The van der Waals surface area contributed by atoms with Gasteiger partial charge in [0.25, 0.3) is 0 Å². The van der Waals surface area contributed by atoms with Gasteiger partial charge in [0.2, 0.25) is 0 Å². The third kappa shape index (κ3) is 12.4. The van der Waals surface area contributed by atoms with E-state index in [4.69, 9.17) is 50.7 Å². The molecule has 31 heteroatoms. The number of alkyl carbamates (subject to hydrolysis) is 1. The molecule has 3 aromatic heterocycles. The van der Waals surface area contributed by atoms with E-state index in [1.54, 1.807) is 24.3 Å². The van der Waals surface area contributed by atoms with Crippen molar-refractivity contribution in [1.82, 2.24) is 34.4 Å². The number of ether oxygens (including phenoxy) is 4. The number of amides is 1. The number of hydrogen-bond donors (Lipinski definition) is 9. The average molecular weight is 928 g/mol. The number of nitrogens with one attached hydrogen (secondary N) is 1. The fourth-order valence-electron chi connectivity index (χ4n) is 6.39. The number of nitrogen functional groups attached to an aromatic ring is 2. The molecule has 29 nitrogen and oxygen atoms in total. The molecule has 2 fully saturated rings. The average Bonchev–Trinajstić information content (AvgIpc) is 3.92. The summed E-state index contributed by atoms with van der Waals surface area (Å²) in [5.74, 6) is -1.12. The van der Waals surface area contributed by atoms with Crippen LogP contribution in [0.2, 0.25) is 0 Å². The maximum Gasteiger partial charge on any atom is -0.0523 e. The number of hydrogen-bond acceptors (Lipinski definition) is 23. The monoisotopic (exact) mass is 927 g/mol. The Morgan fingerprint density at radius 1 is 1.10 bits per heavy atom. The number of nitrogens with two attached hydrogens (primary N) is 3. The minimum absolute atomic E-state index is 0.00347. The fourth-order valence-corrected chi connectivity index (χ4v) is 7.74. The molecule has 12 N–H and O–H groups in total. The van der Waals surface area contributed by atoms with Gasteiger partial charge in [0.1, 0.15) is 24.5 Å². The molecular formula is C32H43N13O16P2. The van der Waals surface area contributed by atoms with Crippen molar-refractivity contribution < 1.29 is 71.4 Å². The van der Waals surface area contributed by atoms with E-state index in [0.717, 1.165) is 10.9 Å². The molecule has 0 aliphatic carbocycles. The van der Waals surface area contributed by atoms with Crippen molar-refractivity contribution in [2.45, 2.75) is 74.9 Å². The fraction of sp³-hybridized carbons (Fsp3) is 0.469. The zero-order valence-corrected chi connectivity index (χ0v) is 34.5. The van der Waals surface area contributed by atoms with Crippen LogP contribution in [0.5, 0.6) is 0 Å². The Morgan fingerprint density at radius 2 is 1.86 bits per heavy atom. The molecule has 4 aromatic rings. The summed E-state index contributed by atoms with van der Waals surface area (Å²) in [6.07, 6.45) is -7.59. The van der Waals surface area contributed by atoms with E-state index in [0.29, 0.717) is 11.3 Å². The van der Waals surface area contributed by atoms with Crippen LogP contribution in [0.1, 0.15) is 37.3 Å². The Labute approximate surface area is 354 Å². The smallest absolute Gasteiger partial charge is 0.0523 e. The number of benzene rings is 1. The van der Waals surface area contributed by atoms with Crippen molar-refractivity contribution in [3.05, 3.63) is 75.7 Å². The molecule has 2 aliphatic heterocycles. The summed E-state index contributed by atoms with van der Waals surface area (Å²) in [6, 6.07) is 6.33. The molecule has 342 valence electrons. The number of aliphatic hydroxyl groups excluding tert-OH is 1. The summed E-state index contributed by atoms with van der Waals surface area (Å²) >= 11 is 0. The van der Waals surface area contributed by atoms with E-state index in [2.05, 4.69) is 39.8 Å².